The smallest absolute Gasteiger partial charge is 0.174 e. The molecular weight excluding hydrogens is 609 g/mol. The number of nitrogens with zero attached hydrogens (tertiary/aromatic N) is 1. The van der Waals surface area contributed by atoms with Crippen molar-refractivity contribution in [2.45, 2.75) is 18.2 Å². The molecule has 4 heteroatoms. The zero-order valence-corrected chi connectivity index (χ0v) is 27.7. The Morgan fingerprint density at radius 1 is 0.540 bits per heavy atom. The Bertz CT molecular complexity index is 2180. The lowest BCUT2D eigenvalue weighted by atomic mass is 9.83. The lowest BCUT2D eigenvalue weighted by Gasteiger charge is -2.31. The Balaban J connectivity index is 1.03. The molecule has 0 bridgehead atoms. The molecule has 3 unspecified atom stereocenters. The van der Waals surface area contributed by atoms with Crippen molar-refractivity contribution >= 4 is 22.7 Å². The van der Waals surface area contributed by atoms with E-state index in [0.29, 0.717) is 0 Å². The molecule has 0 fully saturated rings. The zero-order valence-electron chi connectivity index (χ0n) is 27.7. The molecule has 0 spiro atoms. The summed E-state index contributed by atoms with van der Waals surface area (Å²) in [6, 6.07) is 57.5. The van der Waals surface area contributed by atoms with Gasteiger partial charge in [0.1, 0.15) is 0 Å². The van der Waals surface area contributed by atoms with Gasteiger partial charge in [-0.25, -0.2) is 4.99 Å². The summed E-state index contributed by atoms with van der Waals surface area (Å²) in [6.07, 6.45) is 10.7. The zero-order chi connectivity index (χ0) is 33.5. The van der Waals surface area contributed by atoms with Crippen LogP contribution in [0.5, 0.6) is 0 Å². The van der Waals surface area contributed by atoms with Crippen molar-refractivity contribution in [2.24, 2.45) is 4.99 Å². The largest absolute Gasteiger partial charge is 0.358 e. The molecule has 0 saturated carbocycles. The van der Waals surface area contributed by atoms with Crippen LogP contribution < -0.4 is 16.0 Å². The van der Waals surface area contributed by atoms with E-state index < -0.39 is 0 Å². The van der Waals surface area contributed by atoms with Crippen LogP contribution in [0, 0.1) is 0 Å². The van der Waals surface area contributed by atoms with Crippen LogP contribution in [0.15, 0.2) is 199 Å². The summed E-state index contributed by atoms with van der Waals surface area (Å²) in [4.78, 5) is 5.14. The fraction of sp³-hybridized carbons (Fsp3) is 0.0652. The molecule has 1 aliphatic carbocycles. The highest BCUT2D eigenvalue weighted by molar-refractivity contribution is 6.09. The molecule has 3 N–H and O–H groups in total. The number of rotatable bonds is 9. The highest BCUT2D eigenvalue weighted by atomic mass is 15.3. The third-order valence-electron chi connectivity index (χ3n) is 9.30. The lowest BCUT2D eigenvalue weighted by molar-refractivity contribution is 0.426. The Morgan fingerprint density at radius 3 is 1.94 bits per heavy atom. The average molecular weight is 647 g/mol. The standard InChI is InChI=1S/C46H38N4/c1-4-13-33(14-5-1)34-23-25-35(26-24-34)37-17-12-18-39(31-37)43-29-30-47-46(49-43)50-45-28-27-38(32-42(45)36-15-6-2-7-16-36)41-21-10-11-22-44(41)48-40-19-8-3-9-20-40/h1-32,42,45-48,50H. The minimum absolute atomic E-state index is 0.0267. The van der Waals surface area contributed by atoms with Gasteiger partial charge >= 0.3 is 0 Å². The van der Waals surface area contributed by atoms with Gasteiger partial charge in [-0.1, -0.05) is 158 Å². The van der Waals surface area contributed by atoms with E-state index in [1.54, 1.807) is 0 Å². The van der Waals surface area contributed by atoms with Gasteiger partial charge in [-0.2, -0.15) is 0 Å². The van der Waals surface area contributed by atoms with Crippen molar-refractivity contribution in [3.63, 3.8) is 0 Å². The predicted octanol–water partition coefficient (Wildman–Crippen LogP) is 10.3. The van der Waals surface area contributed by atoms with Crippen LogP contribution in [-0.4, -0.2) is 18.0 Å². The van der Waals surface area contributed by atoms with Gasteiger partial charge in [-0.15, -0.1) is 0 Å². The maximum atomic E-state index is 5.14. The van der Waals surface area contributed by atoms with Gasteiger partial charge in [-0.05, 0) is 63.7 Å². The van der Waals surface area contributed by atoms with Gasteiger partial charge in [-0.3, -0.25) is 5.32 Å². The van der Waals surface area contributed by atoms with Crippen LogP contribution in [0.4, 0.5) is 11.4 Å². The van der Waals surface area contributed by atoms with Crippen molar-refractivity contribution in [1.29, 1.82) is 0 Å². The molecule has 6 aromatic carbocycles. The monoisotopic (exact) mass is 646 g/mol. The van der Waals surface area contributed by atoms with Crippen LogP contribution in [0.3, 0.4) is 0 Å². The molecule has 6 aromatic rings. The van der Waals surface area contributed by atoms with Gasteiger partial charge in [0.2, 0.25) is 0 Å². The maximum Gasteiger partial charge on any atom is 0.174 e. The molecule has 0 amide bonds. The fourth-order valence-corrected chi connectivity index (χ4v) is 6.74. The lowest BCUT2D eigenvalue weighted by Crippen LogP contribution is -2.47. The summed E-state index contributed by atoms with van der Waals surface area (Å²) in [6.45, 7) is 0. The quantitative estimate of drug-likeness (QED) is 0.147. The normalized spacial score (nSPS) is 18.1. The molecule has 242 valence electrons. The van der Waals surface area contributed by atoms with E-state index >= 15 is 0 Å². The van der Waals surface area contributed by atoms with Crippen LogP contribution >= 0.6 is 0 Å². The third-order valence-corrected chi connectivity index (χ3v) is 9.30. The first-order valence-corrected chi connectivity index (χ1v) is 17.2. The highest BCUT2D eigenvalue weighted by Crippen LogP contribution is 2.36. The van der Waals surface area contributed by atoms with E-state index in [-0.39, 0.29) is 18.2 Å². The van der Waals surface area contributed by atoms with E-state index in [1.807, 2.05) is 18.3 Å². The summed E-state index contributed by atoms with van der Waals surface area (Å²) in [5.74, 6) is 0.106. The van der Waals surface area contributed by atoms with E-state index in [9.17, 15) is 0 Å². The molecule has 50 heavy (non-hydrogen) atoms. The number of hydrogen-bond acceptors (Lipinski definition) is 4. The predicted molar refractivity (Wildman–Crippen MR) is 209 cm³/mol. The number of aliphatic imine (C=N–C) groups is 1. The number of para-hydroxylation sites is 2. The molecule has 4 nitrogen and oxygen atoms in total. The van der Waals surface area contributed by atoms with Crippen LogP contribution in [0.1, 0.15) is 22.6 Å². The number of hydrogen-bond donors (Lipinski definition) is 3. The van der Waals surface area contributed by atoms with Crippen molar-refractivity contribution in [3.8, 4) is 22.3 Å². The molecule has 0 saturated heterocycles. The minimum atomic E-state index is -0.286. The van der Waals surface area contributed by atoms with Gasteiger partial charge in [0, 0.05) is 40.7 Å². The Hall–Kier alpha value is -6.23. The number of anilines is 2. The molecule has 2 aliphatic rings. The summed E-state index contributed by atoms with van der Waals surface area (Å²) in [5, 5.41) is 10.9. The number of nitrogens with one attached hydrogen (secondary N) is 3. The minimum Gasteiger partial charge on any atom is -0.358 e. The molecule has 8 rings (SSSR count). The summed E-state index contributed by atoms with van der Waals surface area (Å²) < 4.78 is 0. The fourth-order valence-electron chi connectivity index (χ4n) is 6.74. The van der Waals surface area contributed by atoms with Crippen molar-refractivity contribution in [2.75, 3.05) is 5.32 Å². The van der Waals surface area contributed by atoms with Gasteiger partial charge < -0.3 is 10.6 Å². The second-order valence-corrected chi connectivity index (χ2v) is 12.6. The molecule has 1 aliphatic heterocycles. The summed E-state index contributed by atoms with van der Waals surface area (Å²) in [5.41, 5.74) is 12.6. The second-order valence-electron chi connectivity index (χ2n) is 12.6. The maximum absolute atomic E-state index is 5.14. The van der Waals surface area contributed by atoms with Crippen LogP contribution in [-0.2, 0) is 0 Å². The Kier molecular flexibility index (Phi) is 9.00. The first-order chi connectivity index (χ1) is 24.8. The number of allylic oxidation sites excluding steroid dienone is 3. The SMILES string of the molecule is C1=CC(c2cccc(-c3ccc(-c4ccccc4)cc3)c2)=NC(NC2C=CC(c3ccccc3Nc3ccccc3)=CC2c2ccccc2)N1. The van der Waals surface area contributed by atoms with Crippen LogP contribution in [0.2, 0.25) is 0 Å². The average Bonchev–Trinajstić information content (AvgIpc) is 3.20. The molecule has 1 heterocycles. The van der Waals surface area contributed by atoms with Gasteiger partial charge in [0.05, 0.1) is 5.71 Å². The van der Waals surface area contributed by atoms with Crippen molar-refractivity contribution in [3.05, 3.63) is 211 Å². The third kappa shape index (κ3) is 6.98. The van der Waals surface area contributed by atoms with Gasteiger partial charge in [0.15, 0.2) is 6.29 Å². The van der Waals surface area contributed by atoms with Crippen molar-refractivity contribution < 1.29 is 0 Å². The van der Waals surface area contributed by atoms with E-state index in [2.05, 4.69) is 192 Å². The topological polar surface area (TPSA) is 48.5 Å². The second kappa shape index (κ2) is 14.5. The van der Waals surface area contributed by atoms with Crippen LogP contribution in [0.25, 0.3) is 27.8 Å². The Morgan fingerprint density at radius 2 is 1.16 bits per heavy atom. The number of benzene rings is 6. The van der Waals surface area contributed by atoms with E-state index in [4.69, 9.17) is 4.99 Å². The molecule has 0 radical (unpaired) electrons. The van der Waals surface area contributed by atoms with Crippen molar-refractivity contribution in [1.82, 2.24) is 10.6 Å². The van der Waals surface area contributed by atoms with E-state index in [1.165, 1.54) is 39.0 Å². The first-order valence-electron chi connectivity index (χ1n) is 17.2. The highest BCUT2D eigenvalue weighted by Gasteiger charge is 2.26. The summed E-state index contributed by atoms with van der Waals surface area (Å²) >= 11 is 0. The van der Waals surface area contributed by atoms with E-state index in [0.717, 1.165) is 22.6 Å². The molecule has 3 atom stereocenters. The van der Waals surface area contributed by atoms with Gasteiger partial charge in [0.25, 0.3) is 0 Å². The first kappa shape index (κ1) is 31.1. The molecule has 0 aromatic heterocycles. The molecular formula is C46H38N4. The Labute approximate surface area is 294 Å². The summed E-state index contributed by atoms with van der Waals surface area (Å²) in [7, 11) is 0.